The van der Waals surface area contributed by atoms with Crippen LogP contribution in [-0.4, -0.2) is 48.9 Å². The van der Waals surface area contributed by atoms with Crippen molar-refractivity contribution >= 4 is 18.3 Å². The van der Waals surface area contributed by atoms with Gasteiger partial charge in [-0.05, 0) is 38.5 Å². The molecule has 6 nitrogen and oxygen atoms in total. The Morgan fingerprint density at radius 1 is 1.23 bits per heavy atom. The molecular weight excluding hydrogens is 332 g/mol. The summed E-state index contributed by atoms with van der Waals surface area (Å²) in [5.74, 6) is -0.173. The number of esters is 1. The first-order valence-corrected chi connectivity index (χ1v) is 9.65. The van der Waals surface area contributed by atoms with Gasteiger partial charge in [-0.1, -0.05) is 39.2 Å². The van der Waals surface area contributed by atoms with Gasteiger partial charge in [-0.15, -0.1) is 0 Å². The molecule has 1 aliphatic rings. The van der Waals surface area contributed by atoms with E-state index < -0.39 is 6.04 Å². The van der Waals surface area contributed by atoms with E-state index in [1.165, 1.54) is 6.42 Å². The average Bonchev–Trinajstić information content (AvgIpc) is 2.63. The smallest absolute Gasteiger partial charge is 0.333 e. The topological polar surface area (TPSA) is 75.7 Å². The van der Waals surface area contributed by atoms with Crippen LogP contribution in [0.25, 0.3) is 0 Å². The molecule has 26 heavy (non-hydrogen) atoms. The monoisotopic (exact) mass is 366 g/mol. The zero-order valence-electron chi connectivity index (χ0n) is 16.8. The summed E-state index contributed by atoms with van der Waals surface area (Å²) in [6, 6.07) is -0.748. The highest BCUT2D eigenvalue weighted by Crippen LogP contribution is 2.28. The van der Waals surface area contributed by atoms with Gasteiger partial charge < -0.3 is 15.0 Å². The first-order valence-electron chi connectivity index (χ1n) is 9.65. The van der Waals surface area contributed by atoms with Crippen LogP contribution in [0.5, 0.6) is 0 Å². The van der Waals surface area contributed by atoms with Crippen LogP contribution in [0.4, 0.5) is 0 Å². The molecule has 0 bridgehead atoms. The molecule has 0 radical (unpaired) electrons. The molecule has 0 aliphatic heterocycles. The lowest BCUT2D eigenvalue weighted by atomic mass is 9.83. The molecule has 0 spiro atoms. The lowest BCUT2D eigenvalue weighted by Gasteiger charge is -2.36. The summed E-state index contributed by atoms with van der Waals surface area (Å²) in [6.07, 6.45) is 7.69. The van der Waals surface area contributed by atoms with Crippen LogP contribution in [0.2, 0.25) is 0 Å². The zero-order chi connectivity index (χ0) is 19.7. The molecule has 1 N–H and O–H groups in total. The summed E-state index contributed by atoms with van der Waals surface area (Å²) in [5, 5.41) is 2.74. The van der Waals surface area contributed by atoms with Crippen molar-refractivity contribution in [1.82, 2.24) is 10.2 Å². The Morgan fingerprint density at radius 2 is 1.85 bits per heavy atom. The summed E-state index contributed by atoms with van der Waals surface area (Å²) in [4.78, 5) is 37.8. The third-order valence-electron chi connectivity index (χ3n) is 5.13. The molecule has 6 heteroatoms. The number of hydrogen-bond acceptors (Lipinski definition) is 4. The normalized spacial score (nSPS) is 18.2. The molecule has 0 aromatic heterocycles. The van der Waals surface area contributed by atoms with Gasteiger partial charge in [0.2, 0.25) is 12.3 Å². The second-order valence-electron chi connectivity index (χ2n) is 7.41. The van der Waals surface area contributed by atoms with Crippen molar-refractivity contribution in [3.63, 3.8) is 0 Å². The molecule has 0 aromatic rings. The number of carbonyl (C=O) groups is 3. The second-order valence-corrected chi connectivity index (χ2v) is 7.41. The predicted octanol–water partition coefficient (Wildman–Crippen LogP) is 2.67. The Bertz CT molecular complexity index is 510. The van der Waals surface area contributed by atoms with Crippen LogP contribution in [0.3, 0.4) is 0 Å². The number of carbonyl (C=O) groups excluding carboxylic acids is 3. The van der Waals surface area contributed by atoms with E-state index in [0.717, 1.165) is 25.7 Å². The molecule has 148 valence electrons. The third kappa shape index (κ3) is 6.15. The number of nitrogens with one attached hydrogen (secondary N) is 1. The standard InChI is InChI=1S/C20H34N2O4/c1-6-26-20(25)15(4)12-17(14(2)3)22(5)19(24)18(21-13-23)16-10-8-7-9-11-16/h12-14,16-18H,6-11H2,1-5H3,(H,21,23)/b15-12+/t17-,18-/m1/s1. The van der Waals surface area contributed by atoms with E-state index >= 15 is 0 Å². The van der Waals surface area contributed by atoms with Crippen LogP contribution in [0, 0.1) is 11.8 Å². The fraction of sp³-hybridized carbons (Fsp3) is 0.750. The highest BCUT2D eigenvalue weighted by molar-refractivity contribution is 5.88. The highest BCUT2D eigenvalue weighted by atomic mass is 16.5. The van der Waals surface area contributed by atoms with Crippen molar-refractivity contribution in [2.75, 3.05) is 13.7 Å². The van der Waals surface area contributed by atoms with E-state index in [4.69, 9.17) is 4.74 Å². The summed E-state index contributed by atoms with van der Waals surface area (Å²) in [5.41, 5.74) is 0.489. The van der Waals surface area contributed by atoms with E-state index in [0.29, 0.717) is 18.6 Å². The Balaban J connectivity index is 2.98. The van der Waals surface area contributed by atoms with E-state index in [2.05, 4.69) is 5.32 Å². The van der Waals surface area contributed by atoms with Crippen LogP contribution >= 0.6 is 0 Å². The molecule has 1 aliphatic carbocycles. The van der Waals surface area contributed by atoms with Crippen LogP contribution < -0.4 is 5.32 Å². The van der Waals surface area contributed by atoms with Gasteiger partial charge in [0.1, 0.15) is 6.04 Å². The fourth-order valence-corrected chi connectivity index (χ4v) is 3.64. The maximum atomic E-state index is 13.1. The molecular formula is C20H34N2O4. The number of amides is 2. The minimum Gasteiger partial charge on any atom is -0.463 e. The van der Waals surface area contributed by atoms with E-state index in [-0.39, 0.29) is 29.8 Å². The van der Waals surface area contributed by atoms with Gasteiger partial charge in [0.15, 0.2) is 0 Å². The van der Waals surface area contributed by atoms with Gasteiger partial charge in [-0.25, -0.2) is 4.79 Å². The lowest BCUT2D eigenvalue weighted by molar-refractivity contribution is -0.139. The number of likely N-dealkylation sites (N-methyl/N-ethyl adjacent to an activating group) is 1. The van der Waals surface area contributed by atoms with Crippen molar-refractivity contribution in [1.29, 1.82) is 0 Å². The molecule has 1 fully saturated rings. The van der Waals surface area contributed by atoms with Gasteiger partial charge in [-0.3, -0.25) is 9.59 Å². The van der Waals surface area contributed by atoms with Gasteiger partial charge in [0, 0.05) is 12.6 Å². The highest BCUT2D eigenvalue weighted by Gasteiger charge is 2.34. The fourth-order valence-electron chi connectivity index (χ4n) is 3.64. The zero-order valence-corrected chi connectivity index (χ0v) is 16.8. The number of hydrogen-bond donors (Lipinski definition) is 1. The molecule has 2 atom stereocenters. The van der Waals surface area contributed by atoms with Crippen LogP contribution in [0.15, 0.2) is 11.6 Å². The first kappa shape index (κ1) is 22.2. The van der Waals surface area contributed by atoms with Crippen molar-refractivity contribution in [2.45, 2.75) is 71.9 Å². The number of rotatable bonds is 9. The molecule has 1 saturated carbocycles. The molecule has 0 heterocycles. The molecule has 0 saturated heterocycles. The maximum absolute atomic E-state index is 13.1. The van der Waals surface area contributed by atoms with Gasteiger partial charge >= 0.3 is 5.97 Å². The molecule has 2 amide bonds. The Labute approximate surface area is 157 Å². The molecule has 0 unspecified atom stereocenters. The second kappa shape index (κ2) is 11.0. The van der Waals surface area contributed by atoms with Gasteiger partial charge in [0.05, 0.1) is 12.6 Å². The Morgan fingerprint density at radius 3 is 2.35 bits per heavy atom. The summed E-state index contributed by atoms with van der Waals surface area (Å²) < 4.78 is 5.04. The first-order chi connectivity index (χ1) is 12.3. The summed E-state index contributed by atoms with van der Waals surface area (Å²) >= 11 is 0. The number of nitrogens with zero attached hydrogens (tertiary/aromatic N) is 1. The van der Waals surface area contributed by atoms with Crippen molar-refractivity contribution in [3.05, 3.63) is 11.6 Å². The minimum absolute atomic E-state index is 0.101. The predicted molar refractivity (Wildman–Crippen MR) is 101 cm³/mol. The van der Waals surface area contributed by atoms with Crippen molar-refractivity contribution < 1.29 is 19.1 Å². The van der Waals surface area contributed by atoms with Crippen LogP contribution in [-0.2, 0) is 19.1 Å². The summed E-state index contributed by atoms with van der Waals surface area (Å²) in [6.45, 7) is 7.80. The maximum Gasteiger partial charge on any atom is 0.333 e. The van der Waals surface area contributed by atoms with Crippen LogP contribution in [0.1, 0.15) is 59.8 Å². The Hall–Kier alpha value is -1.85. The minimum atomic E-state index is -0.504. The van der Waals surface area contributed by atoms with Gasteiger partial charge in [-0.2, -0.15) is 0 Å². The van der Waals surface area contributed by atoms with Crippen molar-refractivity contribution in [3.8, 4) is 0 Å². The lowest BCUT2D eigenvalue weighted by Crippen LogP contribution is -2.52. The van der Waals surface area contributed by atoms with Gasteiger partial charge in [0.25, 0.3) is 0 Å². The molecule has 0 aromatic carbocycles. The Kier molecular flexibility index (Phi) is 9.38. The number of ether oxygens (including phenoxy) is 1. The van der Waals surface area contributed by atoms with E-state index in [1.54, 1.807) is 31.9 Å². The third-order valence-corrected chi connectivity index (χ3v) is 5.13. The summed E-state index contributed by atoms with van der Waals surface area (Å²) in [7, 11) is 1.74. The SMILES string of the molecule is CCOC(=O)/C(C)=C/[C@H](C(C)C)N(C)C(=O)[C@H](NC=O)C1CCCCC1. The van der Waals surface area contributed by atoms with E-state index in [9.17, 15) is 14.4 Å². The largest absolute Gasteiger partial charge is 0.463 e. The average molecular weight is 367 g/mol. The van der Waals surface area contributed by atoms with E-state index in [1.807, 2.05) is 13.8 Å². The van der Waals surface area contributed by atoms with Crippen molar-refractivity contribution in [2.24, 2.45) is 11.8 Å². The molecule has 1 rings (SSSR count). The quantitative estimate of drug-likeness (QED) is 0.387.